The van der Waals surface area contributed by atoms with E-state index in [1.54, 1.807) is 23.5 Å². The Labute approximate surface area is 149 Å². The number of hydrogen-bond acceptors (Lipinski definition) is 4. The van der Waals surface area contributed by atoms with Crippen molar-refractivity contribution in [1.29, 1.82) is 0 Å². The molecular weight excluding hydrogens is 350 g/mol. The molecule has 1 heterocycles. The molecule has 0 unspecified atom stereocenters. The number of rotatable bonds is 8. The summed E-state index contributed by atoms with van der Waals surface area (Å²) in [5, 5.41) is 11.6. The molecule has 0 radical (unpaired) electrons. The maximum absolute atomic E-state index is 12.0. The van der Waals surface area contributed by atoms with Gasteiger partial charge in [-0.1, -0.05) is 11.6 Å². The summed E-state index contributed by atoms with van der Waals surface area (Å²) in [6.45, 7) is 1.60. The van der Waals surface area contributed by atoms with Crippen LogP contribution in [-0.2, 0) is 16.0 Å². The molecule has 0 aliphatic carbocycles. The van der Waals surface area contributed by atoms with Crippen LogP contribution in [0.15, 0.2) is 30.3 Å². The highest BCUT2D eigenvalue weighted by Crippen LogP contribution is 2.27. The lowest BCUT2D eigenvalue weighted by molar-refractivity contribution is -0.139. The molecule has 24 heavy (non-hydrogen) atoms. The van der Waals surface area contributed by atoms with E-state index >= 15 is 0 Å². The standard InChI is InChI=1S/C17H18ClNO4S/c1-11-5-7-13(24-11)3-2-4-16(20)19-12-6-8-15(14(18)9-12)23-10-17(21)22/h5-9H,2-4,10H2,1H3,(H,19,20)(H,21,22). The second kappa shape index (κ2) is 8.70. The fourth-order valence-corrected chi connectivity index (χ4v) is 3.27. The zero-order valence-corrected chi connectivity index (χ0v) is 14.7. The molecule has 2 rings (SSSR count). The zero-order chi connectivity index (χ0) is 17.5. The van der Waals surface area contributed by atoms with E-state index in [0.29, 0.717) is 12.1 Å². The van der Waals surface area contributed by atoms with Crippen molar-refractivity contribution >= 4 is 40.5 Å². The Kier molecular flexibility index (Phi) is 6.63. The van der Waals surface area contributed by atoms with Crippen molar-refractivity contribution < 1.29 is 19.4 Å². The van der Waals surface area contributed by atoms with E-state index in [-0.39, 0.29) is 16.7 Å². The van der Waals surface area contributed by atoms with Crippen LogP contribution in [0.3, 0.4) is 0 Å². The predicted molar refractivity (Wildman–Crippen MR) is 95.2 cm³/mol. The normalized spacial score (nSPS) is 10.4. The van der Waals surface area contributed by atoms with E-state index in [1.165, 1.54) is 15.8 Å². The third-order valence-corrected chi connectivity index (χ3v) is 4.55. The number of aryl methyl sites for hydroxylation is 2. The summed E-state index contributed by atoms with van der Waals surface area (Å²) in [6.07, 6.45) is 2.08. The first-order chi connectivity index (χ1) is 11.4. The van der Waals surface area contributed by atoms with Crippen molar-refractivity contribution in [3.05, 3.63) is 45.1 Å². The van der Waals surface area contributed by atoms with Gasteiger partial charge in [0.05, 0.1) is 5.02 Å². The highest BCUT2D eigenvalue weighted by atomic mass is 35.5. The summed E-state index contributed by atoms with van der Waals surface area (Å²) in [4.78, 5) is 25.0. The molecule has 2 N–H and O–H groups in total. The van der Waals surface area contributed by atoms with Gasteiger partial charge in [-0.2, -0.15) is 0 Å². The van der Waals surface area contributed by atoms with Crippen LogP contribution < -0.4 is 10.1 Å². The van der Waals surface area contributed by atoms with Crippen LogP contribution in [-0.4, -0.2) is 23.6 Å². The summed E-state index contributed by atoms with van der Waals surface area (Å²) in [5.74, 6) is -0.895. The lowest BCUT2D eigenvalue weighted by Crippen LogP contribution is -2.12. The lowest BCUT2D eigenvalue weighted by atomic mass is 10.2. The van der Waals surface area contributed by atoms with Crippen LogP contribution in [0.2, 0.25) is 5.02 Å². The van der Waals surface area contributed by atoms with E-state index in [0.717, 1.165) is 12.8 Å². The van der Waals surface area contributed by atoms with Gasteiger partial charge < -0.3 is 15.2 Å². The molecule has 0 atom stereocenters. The van der Waals surface area contributed by atoms with E-state index in [9.17, 15) is 9.59 Å². The molecule has 1 aromatic heterocycles. The van der Waals surface area contributed by atoms with Gasteiger partial charge in [0, 0.05) is 21.9 Å². The van der Waals surface area contributed by atoms with Gasteiger partial charge in [0.1, 0.15) is 5.75 Å². The summed E-state index contributed by atoms with van der Waals surface area (Å²) < 4.78 is 5.03. The number of carboxylic acid groups (broad SMARTS) is 1. The van der Waals surface area contributed by atoms with Crippen molar-refractivity contribution in [3.63, 3.8) is 0 Å². The largest absolute Gasteiger partial charge is 0.480 e. The fraction of sp³-hybridized carbons (Fsp3) is 0.294. The molecule has 128 valence electrons. The van der Waals surface area contributed by atoms with Gasteiger partial charge in [0.15, 0.2) is 6.61 Å². The Morgan fingerprint density at radius 1 is 1.29 bits per heavy atom. The molecule has 5 nitrogen and oxygen atoms in total. The second-order valence-corrected chi connectivity index (χ2v) is 7.02. The average molecular weight is 368 g/mol. The minimum Gasteiger partial charge on any atom is -0.480 e. The molecule has 0 aliphatic heterocycles. The van der Waals surface area contributed by atoms with Gasteiger partial charge >= 0.3 is 5.97 Å². The molecule has 7 heteroatoms. The van der Waals surface area contributed by atoms with Gasteiger partial charge in [0.25, 0.3) is 0 Å². The van der Waals surface area contributed by atoms with Crippen molar-refractivity contribution in [2.45, 2.75) is 26.2 Å². The molecule has 0 saturated heterocycles. The summed E-state index contributed by atoms with van der Waals surface area (Å²) in [5.41, 5.74) is 0.555. The van der Waals surface area contributed by atoms with Gasteiger partial charge in [-0.3, -0.25) is 4.79 Å². The lowest BCUT2D eigenvalue weighted by Gasteiger charge is -2.09. The van der Waals surface area contributed by atoms with E-state index < -0.39 is 12.6 Å². The van der Waals surface area contributed by atoms with E-state index in [1.807, 2.05) is 0 Å². The average Bonchev–Trinajstić information content (AvgIpc) is 2.91. The number of carbonyl (C=O) groups is 2. The first kappa shape index (κ1) is 18.3. The first-order valence-corrected chi connectivity index (χ1v) is 8.63. The number of anilines is 1. The maximum atomic E-state index is 12.0. The monoisotopic (exact) mass is 367 g/mol. The topological polar surface area (TPSA) is 75.6 Å². The SMILES string of the molecule is Cc1ccc(CCCC(=O)Nc2ccc(OCC(=O)O)c(Cl)c2)s1. The quantitative estimate of drug-likeness (QED) is 0.735. The van der Waals surface area contributed by atoms with Crippen LogP contribution in [0.5, 0.6) is 5.75 Å². The van der Waals surface area contributed by atoms with Gasteiger partial charge in [-0.15, -0.1) is 11.3 Å². The third kappa shape index (κ3) is 5.86. The molecule has 2 aromatic rings. The number of carbonyl (C=O) groups excluding carboxylic acids is 1. The number of amides is 1. The highest BCUT2D eigenvalue weighted by molar-refractivity contribution is 7.11. The van der Waals surface area contributed by atoms with Crippen LogP contribution in [0.1, 0.15) is 22.6 Å². The Morgan fingerprint density at radius 2 is 2.08 bits per heavy atom. The molecule has 0 spiro atoms. The van der Waals surface area contributed by atoms with E-state index in [4.69, 9.17) is 21.4 Å². The van der Waals surface area contributed by atoms with E-state index in [2.05, 4.69) is 24.4 Å². The molecule has 0 aliphatic rings. The summed E-state index contributed by atoms with van der Waals surface area (Å²) in [7, 11) is 0. The maximum Gasteiger partial charge on any atom is 0.341 e. The summed E-state index contributed by atoms with van der Waals surface area (Å²) >= 11 is 7.76. The smallest absolute Gasteiger partial charge is 0.341 e. The van der Waals surface area contributed by atoms with Crippen molar-refractivity contribution in [2.75, 3.05) is 11.9 Å². The molecule has 1 amide bonds. The summed E-state index contributed by atoms with van der Waals surface area (Å²) in [6, 6.07) is 8.88. The first-order valence-electron chi connectivity index (χ1n) is 7.43. The number of nitrogens with one attached hydrogen (secondary N) is 1. The second-order valence-electron chi connectivity index (χ2n) is 5.24. The number of thiophene rings is 1. The van der Waals surface area contributed by atoms with Crippen molar-refractivity contribution in [2.24, 2.45) is 0 Å². The minimum absolute atomic E-state index is 0.0847. The third-order valence-electron chi connectivity index (χ3n) is 3.19. The molecule has 1 aromatic carbocycles. The number of benzene rings is 1. The number of aliphatic carboxylic acids is 1. The molecule has 0 bridgehead atoms. The Bertz CT molecular complexity index is 729. The number of halogens is 1. The van der Waals surface area contributed by atoms with Gasteiger partial charge in [0.2, 0.25) is 5.91 Å². The van der Waals surface area contributed by atoms with Crippen LogP contribution in [0.25, 0.3) is 0 Å². The zero-order valence-electron chi connectivity index (χ0n) is 13.2. The Balaban J connectivity index is 1.80. The van der Waals surface area contributed by atoms with Crippen LogP contribution in [0, 0.1) is 6.92 Å². The molecular formula is C17H18ClNO4S. The molecule has 0 fully saturated rings. The van der Waals surface area contributed by atoms with Crippen molar-refractivity contribution in [1.82, 2.24) is 0 Å². The van der Waals surface area contributed by atoms with Gasteiger partial charge in [-0.25, -0.2) is 4.79 Å². The molecule has 0 saturated carbocycles. The highest BCUT2D eigenvalue weighted by Gasteiger charge is 2.08. The van der Waals surface area contributed by atoms with Crippen LogP contribution >= 0.6 is 22.9 Å². The minimum atomic E-state index is -1.08. The number of hydrogen-bond donors (Lipinski definition) is 2. The van der Waals surface area contributed by atoms with Gasteiger partial charge in [-0.05, 0) is 50.1 Å². The number of carboxylic acids is 1. The fourth-order valence-electron chi connectivity index (χ4n) is 2.10. The number of ether oxygens (including phenoxy) is 1. The Morgan fingerprint density at radius 3 is 2.71 bits per heavy atom. The Hall–Kier alpha value is -2.05. The van der Waals surface area contributed by atoms with Crippen LogP contribution in [0.4, 0.5) is 5.69 Å². The predicted octanol–water partition coefficient (Wildman–Crippen LogP) is 4.13. The van der Waals surface area contributed by atoms with Crippen molar-refractivity contribution in [3.8, 4) is 5.75 Å².